The van der Waals surface area contributed by atoms with Gasteiger partial charge in [-0.1, -0.05) is 23.8 Å². The van der Waals surface area contributed by atoms with E-state index in [2.05, 4.69) is 36.9 Å². The Balaban J connectivity index is 2.64. The molecule has 2 N–H and O–H groups in total. The molecular formula is C14H23NO2. The topological polar surface area (TPSA) is 43.7 Å². The maximum Gasteiger partial charge on any atom is 0.0558 e. The second-order valence-electron chi connectivity index (χ2n) is 4.51. The van der Waals surface area contributed by atoms with E-state index in [9.17, 15) is 0 Å². The van der Waals surface area contributed by atoms with Gasteiger partial charge in [-0.3, -0.25) is 4.90 Å². The third kappa shape index (κ3) is 4.86. The first-order chi connectivity index (χ1) is 8.17. The van der Waals surface area contributed by atoms with Crippen molar-refractivity contribution in [1.82, 2.24) is 4.90 Å². The minimum absolute atomic E-state index is 0.163. The molecule has 1 aromatic rings. The highest BCUT2D eigenvalue weighted by Gasteiger charge is 2.07. The van der Waals surface area contributed by atoms with Crippen LogP contribution in [0.4, 0.5) is 0 Å². The van der Waals surface area contributed by atoms with Gasteiger partial charge in [0.15, 0.2) is 0 Å². The number of benzene rings is 1. The average Bonchev–Trinajstić information content (AvgIpc) is 2.29. The Bertz CT molecular complexity index is 339. The van der Waals surface area contributed by atoms with Crippen LogP contribution in [0.15, 0.2) is 18.2 Å². The SMILES string of the molecule is Cc1ccc(CN(CCO)CCCO)c(C)c1. The first-order valence-corrected chi connectivity index (χ1v) is 6.17. The molecule has 0 atom stereocenters. The fourth-order valence-corrected chi connectivity index (χ4v) is 1.97. The van der Waals surface area contributed by atoms with E-state index in [1.165, 1.54) is 16.7 Å². The maximum absolute atomic E-state index is 9.02. The van der Waals surface area contributed by atoms with Crippen LogP contribution in [0.25, 0.3) is 0 Å². The fraction of sp³-hybridized carbons (Fsp3) is 0.571. The summed E-state index contributed by atoms with van der Waals surface area (Å²) in [5.74, 6) is 0. The van der Waals surface area contributed by atoms with Crippen molar-refractivity contribution >= 4 is 0 Å². The molecule has 0 saturated carbocycles. The lowest BCUT2D eigenvalue weighted by Gasteiger charge is -2.22. The molecule has 0 radical (unpaired) electrons. The number of rotatable bonds is 7. The van der Waals surface area contributed by atoms with Crippen LogP contribution in [0.5, 0.6) is 0 Å². The van der Waals surface area contributed by atoms with Gasteiger partial charge in [-0.05, 0) is 31.4 Å². The van der Waals surface area contributed by atoms with E-state index >= 15 is 0 Å². The van der Waals surface area contributed by atoms with E-state index < -0.39 is 0 Å². The van der Waals surface area contributed by atoms with Crippen LogP contribution in [-0.2, 0) is 6.54 Å². The van der Waals surface area contributed by atoms with Crippen LogP contribution in [0, 0.1) is 13.8 Å². The summed E-state index contributed by atoms with van der Waals surface area (Å²) >= 11 is 0. The molecule has 0 aliphatic heterocycles. The highest BCUT2D eigenvalue weighted by Crippen LogP contribution is 2.13. The van der Waals surface area contributed by atoms with Crippen molar-refractivity contribution in [1.29, 1.82) is 0 Å². The van der Waals surface area contributed by atoms with E-state index in [1.807, 2.05) is 0 Å². The summed E-state index contributed by atoms with van der Waals surface area (Å²) in [6.07, 6.45) is 0.755. The summed E-state index contributed by atoms with van der Waals surface area (Å²) in [6, 6.07) is 6.44. The van der Waals surface area contributed by atoms with E-state index in [0.29, 0.717) is 6.54 Å². The molecule has 3 heteroatoms. The number of hydrogen-bond donors (Lipinski definition) is 2. The number of aliphatic hydroxyl groups is 2. The summed E-state index contributed by atoms with van der Waals surface area (Å²) in [6.45, 7) is 6.90. The van der Waals surface area contributed by atoms with E-state index in [4.69, 9.17) is 10.2 Å². The Kier molecular flexibility index (Phi) is 6.19. The molecule has 0 fully saturated rings. The van der Waals surface area contributed by atoms with Crippen LogP contribution in [0.1, 0.15) is 23.1 Å². The first-order valence-electron chi connectivity index (χ1n) is 6.17. The van der Waals surface area contributed by atoms with Crippen LogP contribution >= 0.6 is 0 Å². The Morgan fingerprint density at radius 3 is 2.41 bits per heavy atom. The molecule has 3 nitrogen and oxygen atoms in total. The number of aliphatic hydroxyl groups excluding tert-OH is 2. The van der Waals surface area contributed by atoms with Gasteiger partial charge < -0.3 is 10.2 Å². The first kappa shape index (κ1) is 14.2. The van der Waals surface area contributed by atoms with Crippen LogP contribution in [0.3, 0.4) is 0 Å². The van der Waals surface area contributed by atoms with Gasteiger partial charge in [-0.15, -0.1) is 0 Å². The average molecular weight is 237 g/mol. The van der Waals surface area contributed by atoms with Crippen molar-refractivity contribution in [3.8, 4) is 0 Å². The maximum atomic E-state index is 9.02. The summed E-state index contributed by atoms with van der Waals surface area (Å²) in [5, 5.41) is 17.9. The van der Waals surface area contributed by atoms with Crippen molar-refractivity contribution in [2.45, 2.75) is 26.8 Å². The molecule has 0 unspecified atom stereocenters. The van der Waals surface area contributed by atoms with Crippen molar-refractivity contribution in [2.24, 2.45) is 0 Å². The number of aryl methyl sites for hydroxylation is 2. The van der Waals surface area contributed by atoms with Gasteiger partial charge in [0.25, 0.3) is 0 Å². The Morgan fingerprint density at radius 2 is 1.82 bits per heavy atom. The zero-order chi connectivity index (χ0) is 12.7. The zero-order valence-corrected chi connectivity index (χ0v) is 10.8. The van der Waals surface area contributed by atoms with Gasteiger partial charge in [0.1, 0.15) is 0 Å². The lowest BCUT2D eigenvalue weighted by atomic mass is 10.1. The van der Waals surface area contributed by atoms with Gasteiger partial charge >= 0.3 is 0 Å². The van der Waals surface area contributed by atoms with Gasteiger partial charge in [-0.25, -0.2) is 0 Å². The molecule has 0 aliphatic rings. The van der Waals surface area contributed by atoms with Gasteiger partial charge in [0.05, 0.1) is 6.61 Å². The van der Waals surface area contributed by atoms with Crippen LogP contribution in [-0.4, -0.2) is 41.4 Å². The largest absolute Gasteiger partial charge is 0.396 e. The second-order valence-corrected chi connectivity index (χ2v) is 4.51. The van der Waals surface area contributed by atoms with Gasteiger partial charge in [-0.2, -0.15) is 0 Å². The molecule has 96 valence electrons. The molecule has 17 heavy (non-hydrogen) atoms. The lowest BCUT2D eigenvalue weighted by molar-refractivity contribution is 0.174. The second kappa shape index (κ2) is 7.43. The monoisotopic (exact) mass is 237 g/mol. The van der Waals surface area contributed by atoms with Crippen molar-refractivity contribution in [3.05, 3.63) is 34.9 Å². The summed E-state index contributed by atoms with van der Waals surface area (Å²) in [4.78, 5) is 2.17. The Hall–Kier alpha value is -0.900. The molecule has 0 aromatic heterocycles. The Morgan fingerprint density at radius 1 is 1.06 bits per heavy atom. The molecular weight excluding hydrogens is 214 g/mol. The summed E-state index contributed by atoms with van der Waals surface area (Å²) in [5.41, 5.74) is 3.86. The molecule has 0 amide bonds. The predicted molar refractivity (Wildman–Crippen MR) is 70.0 cm³/mol. The summed E-state index contributed by atoms with van der Waals surface area (Å²) in [7, 11) is 0. The standard InChI is InChI=1S/C14H23NO2/c1-12-4-5-14(13(2)10-12)11-15(7-9-17)6-3-8-16/h4-5,10,16-17H,3,6-9,11H2,1-2H3. The predicted octanol–water partition coefficient (Wildman–Crippen LogP) is 1.48. The van der Waals surface area contributed by atoms with Gasteiger partial charge in [0.2, 0.25) is 0 Å². The summed E-state index contributed by atoms with van der Waals surface area (Å²) < 4.78 is 0. The molecule has 0 bridgehead atoms. The molecule has 0 saturated heterocycles. The highest BCUT2D eigenvalue weighted by molar-refractivity contribution is 5.30. The van der Waals surface area contributed by atoms with Crippen LogP contribution in [0.2, 0.25) is 0 Å². The van der Waals surface area contributed by atoms with Crippen molar-refractivity contribution < 1.29 is 10.2 Å². The quantitative estimate of drug-likeness (QED) is 0.755. The fourth-order valence-electron chi connectivity index (χ4n) is 1.97. The minimum atomic E-state index is 0.163. The van der Waals surface area contributed by atoms with Crippen molar-refractivity contribution in [3.63, 3.8) is 0 Å². The van der Waals surface area contributed by atoms with Crippen LogP contribution < -0.4 is 0 Å². The van der Waals surface area contributed by atoms with Gasteiger partial charge in [0, 0.05) is 26.2 Å². The smallest absolute Gasteiger partial charge is 0.0558 e. The highest BCUT2D eigenvalue weighted by atomic mass is 16.3. The third-order valence-corrected chi connectivity index (χ3v) is 2.94. The molecule has 0 spiro atoms. The molecule has 0 heterocycles. The molecule has 0 aliphatic carbocycles. The van der Waals surface area contributed by atoms with Crippen molar-refractivity contribution in [2.75, 3.05) is 26.3 Å². The number of hydrogen-bond acceptors (Lipinski definition) is 3. The minimum Gasteiger partial charge on any atom is -0.396 e. The van der Waals surface area contributed by atoms with E-state index in [-0.39, 0.29) is 13.2 Å². The molecule has 1 rings (SSSR count). The van der Waals surface area contributed by atoms with E-state index in [1.54, 1.807) is 0 Å². The lowest BCUT2D eigenvalue weighted by Crippen LogP contribution is -2.28. The van der Waals surface area contributed by atoms with E-state index in [0.717, 1.165) is 19.5 Å². The Labute approximate surface area is 104 Å². The normalized spacial score (nSPS) is 11.1. The number of nitrogens with zero attached hydrogens (tertiary/aromatic N) is 1. The third-order valence-electron chi connectivity index (χ3n) is 2.94. The zero-order valence-electron chi connectivity index (χ0n) is 10.8. The molecule has 1 aromatic carbocycles.